The average Bonchev–Trinajstić information content (AvgIpc) is 2.24. The minimum atomic E-state index is -0.509. The molecule has 0 saturated carbocycles. The van der Waals surface area contributed by atoms with Crippen molar-refractivity contribution < 1.29 is 14.3 Å². The second-order valence-electron chi connectivity index (χ2n) is 6.25. The van der Waals surface area contributed by atoms with Gasteiger partial charge in [0, 0.05) is 3.57 Å². The fourth-order valence-corrected chi connectivity index (χ4v) is 1.77. The maximum absolute atomic E-state index is 11.7. The summed E-state index contributed by atoms with van der Waals surface area (Å²) in [4.78, 5) is 11.7. The second kappa shape index (κ2) is 6.65. The smallest absolute Gasteiger partial charge is 0.408 e. The Hall–Kier alpha value is -0.980. The van der Waals surface area contributed by atoms with E-state index < -0.39 is 17.2 Å². The van der Waals surface area contributed by atoms with E-state index in [4.69, 9.17) is 9.47 Å². The molecule has 0 saturated heterocycles. The predicted molar refractivity (Wildman–Crippen MR) is 88.1 cm³/mol. The molecule has 4 nitrogen and oxygen atoms in total. The van der Waals surface area contributed by atoms with Crippen molar-refractivity contribution in [2.45, 2.75) is 45.8 Å². The van der Waals surface area contributed by atoms with Gasteiger partial charge < -0.3 is 14.8 Å². The third-order valence-electron chi connectivity index (χ3n) is 2.25. The first-order chi connectivity index (χ1) is 9.07. The number of alkyl carbamates (subject to hydrolysis) is 1. The van der Waals surface area contributed by atoms with Crippen LogP contribution in [-0.4, -0.2) is 23.8 Å². The van der Waals surface area contributed by atoms with Gasteiger partial charge in [-0.05, 0) is 81.5 Å². The van der Waals surface area contributed by atoms with Crippen LogP contribution in [0.25, 0.3) is 0 Å². The van der Waals surface area contributed by atoms with Crippen molar-refractivity contribution in [2.75, 3.05) is 6.61 Å². The lowest BCUT2D eigenvalue weighted by molar-refractivity contribution is 0.0441. The van der Waals surface area contributed by atoms with E-state index in [0.717, 1.165) is 9.32 Å². The van der Waals surface area contributed by atoms with Gasteiger partial charge in [0.1, 0.15) is 18.0 Å². The van der Waals surface area contributed by atoms with Gasteiger partial charge in [0.25, 0.3) is 0 Å². The maximum atomic E-state index is 11.7. The third kappa shape index (κ3) is 6.98. The van der Waals surface area contributed by atoms with Crippen LogP contribution in [0.5, 0.6) is 5.75 Å². The molecule has 0 aliphatic carbocycles. The monoisotopic (exact) mass is 391 g/mol. The van der Waals surface area contributed by atoms with E-state index >= 15 is 0 Å². The van der Waals surface area contributed by atoms with Crippen molar-refractivity contribution >= 4 is 28.7 Å². The summed E-state index contributed by atoms with van der Waals surface area (Å²) in [6, 6.07) is 7.77. The van der Waals surface area contributed by atoms with Crippen LogP contribution in [0.1, 0.15) is 34.6 Å². The van der Waals surface area contributed by atoms with Gasteiger partial charge in [-0.2, -0.15) is 0 Å². The van der Waals surface area contributed by atoms with Crippen LogP contribution in [0, 0.1) is 3.57 Å². The molecule has 0 atom stereocenters. The number of ether oxygens (including phenoxy) is 2. The van der Waals surface area contributed by atoms with E-state index in [9.17, 15) is 4.79 Å². The zero-order valence-corrected chi connectivity index (χ0v) is 14.8. The van der Waals surface area contributed by atoms with Crippen molar-refractivity contribution in [2.24, 2.45) is 0 Å². The molecule has 1 N–H and O–H groups in total. The number of carbonyl (C=O) groups is 1. The highest BCUT2D eigenvalue weighted by molar-refractivity contribution is 14.1. The van der Waals surface area contributed by atoms with Gasteiger partial charge >= 0.3 is 6.09 Å². The number of carbonyl (C=O) groups excluding carboxylic acids is 1. The zero-order chi connectivity index (χ0) is 15.4. The molecular formula is C15H22INO3. The lowest BCUT2D eigenvalue weighted by Gasteiger charge is -2.28. The van der Waals surface area contributed by atoms with Gasteiger partial charge in [-0.1, -0.05) is 0 Å². The Morgan fingerprint density at radius 2 is 1.70 bits per heavy atom. The van der Waals surface area contributed by atoms with Crippen LogP contribution in [0.2, 0.25) is 0 Å². The Labute approximate surface area is 134 Å². The van der Waals surface area contributed by atoms with Crippen molar-refractivity contribution in [3.05, 3.63) is 27.8 Å². The predicted octanol–water partition coefficient (Wildman–Crippen LogP) is 3.97. The molecule has 0 unspecified atom stereocenters. The Morgan fingerprint density at radius 3 is 2.20 bits per heavy atom. The van der Waals surface area contributed by atoms with Crippen LogP contribution < -0.4 is 10.1 Å². The molecule has 0 spiro atoms. The molecule has 112 valence electrons. The van der Waals surface area contributed by atoms with Crippen LogP contribution in [0.3, 0.4) is 0 Å². The number of hydrogen-bond donors (Lipinski definition) is 1. The molecule has 5 heteroatoms. The Balaban J connectivity index is 2.48. The quantitative estimate of drug-likeness (QED) is 0.791. The average molecular weight is 391 g/mol. The largest absolute Gasteiger partial charge is 0.491 e. The van der Waals surface area contributed by atoms with Crippen LogP contribution in [0.15, 0.2) is 24.3 Å². The van der Waals surface area contributed by atoms with Gasteiger partial charge in [-0.3, -0.25) is 0 Å². The number of hydrogen-bond acceptors (Lipinski definition) is 3. The minimum absolute atomic E-state index is 0.368. The van der Waals surface area contributed by atoms with Gasteiger partial charge in [0.15, 0.2) is 0 Å². The summed E-state index contributed by atoms with van der Waals surface area (Å²) >= 11 is 2.24. The summed E-state index contributed by atoms with van der Waals surface area (Å²) < 4.78 is 12.1. The van der Waals surface area contributed by atoms with Gasteiger partial charge in [-0.25, -0.2) is 4.79 Å². The molecule has 1 amide bonds. The molecule has 0 heterocycles. The molecule has 0 aliphatic heterocycles. The summed E-state index contributed by atoms with van der Waals surface area (Å²) in [5, 5.41) is 2.81. The van der Waals surface area contributed by atoms with Gasteiger partial charge in [0.2, 0.25) is 0 Å². The topological polar surface area (TPSA) is 47.6 Å². The lowest BCUT2D eigenvalue weighted by Crippen LogP contribution is -2.49. The number of halogens is 1. The molecule has 0 bridgehead atoms. The van der Waals surface area contributed by atoms with Crippen LogP contribution in [0.4, 0.5) is 4.79 Å². The number of amides is 1. The highest BCUT2D eigenvalue weighted by atomic mass is 127. The summed E-state index contributed by atoms with van der Waals surface area (Å²) in [7, 11) is 0. The first-order valence-electron chi connectivity index (χ1n) is 6.47. The summed E-state index contributed by atoms with van der Waals surface area (Å²) in [5.74, 6) is 0.782. The van der Waals surface area contributed by atoms with E-state index in [2.05, 4.69) is 27.9 Å². The van der Waals surface area contributed by atoms with Crippen molar-refractivity contribution in [1.82, 2.24) is 5.32 Å². The molecular weight excluding hydrogens is 369 g/mol. The summed E-state index contributed by atoms with van der Waals surface area (Å²) in [6.07, 6.45) is -0.436. The SMILES string of the molecule is CC(C)(COc1ccc(I)cc1)NC(=O)OC(C)(C)C. The van der Waals surface area contributed by atoms with Gasteiger partial charge in [-0.15, -0.1) is 0 Å². The normalized spacial score (nSPS) is 11.9. The molecule has 1 aromatic rings. The fraction of sp³-hybridized carbons (Fsp3) is 0.533. The van der Waals surface area contributed by atoms with Crippen LogP contribution >= 0.6 is 22.6 Å². The molecule has 1 aromatic carbocycles. The first-order valence-corrected chi connectivity index (χ1v) is 7.55. The number of nitrogens with one attached hydrogen (secondary N) is 1. The second-order valence-corrected chi connectivity index (χ2v) is 7.50. The Morgan fingerprint density at radius 1 is 1.15 bits per heavy atom. The Kier molecular flexibility index (Phi) is 5.68. The van der Waals surface area contributed by atoms with E-state index in [1.807, 2.05) is 58.9 Å². The molecule has 0 radical (unpaired) electrons. The Bertz CT molecular complexity index is 449. The zero-order valence-electron chi connectivity index (χ0n) is 12.6. The van der Waals surface area contributed by atoms with Crippen molar-refractivity contribution in [3.8, 4) is 5.75 Å². The summed E-state index contributed by atoms with van der Waals surface area (Å²) in [6.45, 7) is 9.66. The third-order valence-corrected chi connectivity index (χ3v) is 2.97. The van der Waals surface area contributed by atoms with E-state index in [0.29, 0.717) is 6.61 Å². The molecule has 20 heavy (non-hydrogen) atoms. The summed E-state index contributed by atoms with van der Waals surface area (Å²) in [5.41, 5.74) is -1.01. The van der Waals surface area contributed by atoms with E-state index in [1.54, 1.807) is 0 Å². The fourth-order valence-electron chi connectivity index (χ4n) is 1.41. The minimum Gasteiger partial charge on any atom is -0.491 e. The highest BCUT2D eigenvalue weighted by Gasteiger charge is 2.25. The standard InChI is InChI=1S/C15H22INO3/c1-14(2,3)20-13(18)17-15(4,5)10-19-12-8-6-11(16)7-9-12/h6-9H,10H2,1-5H3,(H,17,18). The number of benzene rings is 1. The number of rotatable bonds is 4. The molecule has 0 fully saturated rings. The molecule has 0 aliphatic rings. The van der Waals surface area contributed by atoms with E-state index in [1.165, 1.54) is 0 Å². The van der Waals surface area contributed by atoms with Gasteiger partial charge in [0.05, 0.1) is 5.54 Å². The molecule has 1 rings (SSSR count). The van der Waals surface area contributed by atoms with Crippen LogP contribution in [-0.2, 0) is 4.74 Å². The lowest BCUT2D eigenvalue weighted by atomic mass is 10.1. The van der Waals surface area contributed by atoms with Crippen molar-refractivity contribution in [1.29, 1.82) is 0 Å². The maximum Gasteiger partial charge on any atom is 0.408 e. The highest BCUT2D eigenvalue weighted by Crippen LogP contribution is 2.16. The van der Waals surface area contributed by atoms with E-state index in [-0.39, 0.29) is 0 Å². The van der Waals surface area contributed by atoms with Crippen molar-refractivity contribution in [3.63, 3.8) is 0 Å². The molecule has 0 aromatic heterocycles. The first kappa shape index (κ1) is 17.1.